The second-order valence-electron chi connectivity index (χ2n) is 4.71. The molecule has 2 aromatic heterocycles. The number of aromatic nitrogens is 2. The minimum Gasteiger partial charge on any atom is -0.328 e. The van der Waals surface area contributed by atoms with E-state index in [2.05, 4.69) is 17.6 Å². The van der Waals surface area contributed by atoms with Gasteiger partial charge >= 0.3 is 0 Å². The highest BCUT2D eigenvalue weighted by molar-refractivity contribution is 7.16. The predicted molar refractivity (Wildman–Crippen MR) is 85.4 cm³/mol. The Hall–Kier alpha value is -1.36. The summed E-state index contributed by atoms with van der Waals surface area (Å²) in [7, 11) is 0. The van der Waals surface area contributed by atoms with Crippen molar-refractivity contribution in [3.8, 4) is 0 Å². The van der Waals surface area contributed by atoms with Crippen LogP contribution in [-0.4, -0.2) is 9.55 Å². The molecule has 2 heterocycles. The largest absolute Gasteiger partial charge is 0.328 e. The fraction of sp³-hybridized carbons (Fsp3) is 0.267. The van der Waals surface area contributed by atoms with Gasteiger partial charge in [-0.3, -0.25) is 0 Å². The zero-order chi connectivity index (χ0) is 14.1. The highest BCUT2D eigenvalue weighted by Gasteiger charge is 2.15. The Bertz CT molecular complexity index is 732. The zero-order valence-corrected chi connectivity index (χ0v) is 12.8. The van der Waals surface area contributed by atoms with E-state index in [0.29, 0.717) is 0 Å². The third kappa shape index (κ3) is 2.46. The van der Waals surface area contributed by atoms with Gasteiger partial charge in [-0.1, -0.05) is 23.7 Å². The maximum absolute atomic E-state index is 6.28. The van der Waals surface area contributed by atoms with E-state index < -0.39 is 0 Å². The smallest absolute Gasteiger partial charge is 0.111 e. The van der Waals surface area contributed by atoms with Crippen molar-refractivity contribution in [3.05, 3.63) is 51.4 Å². The molecule has 1 aromatic carbocycles. The molecule has 20 heavy (non-hydrogen) atoms. The molecular formula is C15H16ClN3S. The van der Waals surface area contributed by atoms with Gasteiger partial charge in [0.2, 0.25) is 0 Å². The number of benzene rings is 1. The number of thiophene rings is 1. The summed E-state index contributed by atoms with van der Waals surface area (Å²) in [6, 6.07) is 12.0. The minimum absolute atomic E-state index is 0.0605. The standard InChI is InChI=1S/C15H16ClN3S/c1-2-19-12-6-4-3-5-11(12)18-15(19)9-10(17)13-7-8-14(16)20-13/h3-8,10H,2,9,17H2,1H3. The number of halogens is 1. The van der Waals surface area contributed by atoms with Gasteiger partial charge in [0.25, 0.3) is 0 Å². The summed E-state index contributed by atoms with van der Waals surface area (Å²) in [6.07, 6.45) is 0.722. The predicted octanol–water partition coefficient (Wildman–Crippen LogP) is 4.01. The van der Waals surface area contributed by atoms with Gasteiger partial charge in [-0.2, -0.15) is 0 Å². The average molecular weight is 306 g/mol. The number of para-hydroxylation sites is 2. The number of aryl methyl sites for hydroxylation is 1. The zero-order valence-electron chi connectivity index (χ0n) is 11.2. The molecule has 0 amide bonds. The van der Waals surface area contributed by atoms with Gasteiger partial charge in [-0.25, -0.2) is 4.98 Å². The van der Waals surface area contributed by atoms with Gasteiger partial charge in [0.1, 0.15) is 5.82 Å². The van der Waals surface area contributed by atoms with Crippen molar-refractivity contribution in [2.24, 2.45) is 5.73 Å². The third-order valence-corrected chi connectivity index (χ3v) is 4.77. The van der Waals surface area contributed by atoms with Crippen LogP contribution in [0.3, 0.4) is 0 Å². The lowest BCUT2D eigenvalue weighted by atomic mass is 10.2. The van der Waals surface area contributed by atoms with E-state index in [0.717, 1.165) is 33.5 Å². The van der Waals surface area contributed by atoms with E-state index in [1.165, 1.54) is 16.9 Å². The maximum atomic E-state index is 6.28. The molecule has 0 saturated heterocycles. The number of hydrogen-bond acceptors (Lipinski definition) is 3. The van der Waals surface area contributed by atoms with Gasteiger partial charge in [-0.05, 0) is 31.2 Å². The van der Waals surface area contributed by atoms with Crippen LogP contribution in [0.1, 0.15) is 23.7 Å². The molecular weight excluding hydrogens is 290 g/mol. The molecule has 0 aliphatic rings. The van der Waals surface area contributed by atoms with E-state index in [1.54, 1.807) is 0 Å². The first-order valence-corrected chi connectivity index (χ1v) is 7.83. The Morgan fingerprint density at radius 1 is 1.30 bits per heavy atom. The van der Waals surface area contributed by atoms with Crippen LogP contribution in [0.4, 0.5) is 0 Å². The van der Waals surface area contributed by atoms with Crippen molar-refractivity contribution in [1.82, 2.24) is 9.55 Å². The number of rotatable bonds is 4. The van der Waals surface area contributed by atoms with E-state index in [4.69, 9.17) is 22.3 Å². The number of nitrogens with two attached hydrogens (primary N) is 1. The Morgan fingerprint density at radius 3 is 2.80 bits per heavy atom. The van der Waals surface area contributed by atoms with Gasteiger partial charge < -0.3 is 10.3 Å². The fourth-order valence-electron chi connectivity index (χ4n) is 2.46. The molecule has 3 nitrogen and oxygen atoms in total. The van der Waals surface area contributed by atoms with Crippen LogP contribution in [0.25, 0.3) is 11.0 Å². The maximum Gasteiger partial charge on any atom is 0.111 e. The van der Waals surface area contributed by atoms with Crippen molar-refractivity contribution >= 4 is 34.0 Å². The molecule has 0 spiro atoms. The van der Waals surface area contributed by atoms with Crippen LogP contribution in [0.2, 0.25) is 4.34 Å². The summed E-state index contributed by atoms with van der Waals surface area (Å²) in [4.78, 5) is 5.81. The Kier molecular flexibility index (Phi) is 3.78. The molecule has 0 radical (unpaired) electrons. The topological polar surface area (TPSA) is 43.8 Å². The fourth-order valence-corrected chi connectivity index (χ4v) is 3.52. The number of hydrogen-bond donors (Lipinski definition) is 1. The Labute approximate surface area is 127 Å². The number of imidazole rings is 1. The van der Waals surface area contributed by atoms with Crippen LogP contribution in [0, 0.1) is 0 Å². The SMILES string of the molecule is CCn1c(CC(N)c2ccc(Cl)s2)nc2ccccc21. The van der Waals surface area contributed by atoms with Gasteiger partial charge in [0, 0.05) is 23.9 Å². The molecule has 3 aromatic rings. The first-order valence-electron chi connectivity index (χ1n) is 6.64. The molecule has 104 valence electrons. The van der Waals surface area contributed by atoms with Crippen LogP contribution >= 0.6 is 22.9 Å². The van der Waals surface area contributed by atoms with Gasteiger partial charge in [-0.15, -0.1) is 11.3 Å². The van der Waals surface area contributed by atoms with Crippen molar-refractivity contribution in [2.75, 3.05) is 0 Å². The molecule has 0 aliphatic heterocycles. The van der Waals surface area contributed by atoms with Crippen molar-refractivity contribution in [1.29, 1.82) is 0 Å². The molecule has 0 saturated carbocycles. The quantitative estimate of drug-likeness (QED) is 0.791. The lowest BCUT2D eigenvalue weighted by molar-refractivity contribution is 0.644. The van der Waals surface area contributed by atoms with E-state index in [-0.39, 0.29) is 6.04 Å². The highest BCUT2D eigenvalue weighted by atomic mass is 35.5. The molecule has 3 rings (SSSR count). The van der Waals surface area contributed by atoms with Crippen molar-refractivity contribution < 1.29 is 0 Å². The molecule has 0 aliphatic carbocycles. The summed E-state index contributed by atoms with van der Waals surface area (Å²) < 4.78 is 3.00. The van der Waals surface area contributed by atoms with E-state index in [1.807, 2.05) is 30.3 Å². The first-order chi connectivity index (χ1) is 9.69. The molecule has 5 heteroatoms. The van der Waals surface area contributed by atoms with Gasteiger partial charge in [0.15, 0.2) is 0 Å². The summed E-state index contributed by atoms with van der Waals surface area (Å²) in [5, 5.41) is 0. The average Bonchev–Trinajstić information content (AvgIpc) is 3.01. The van der Waals surface area contributed by atoms with Crippen molar-refractivity contribution in [3.63, 3.8) is 0 Å². The Morgan fingerprint density at radius 2 is 2.10 bits per heavy atom. The monoisotopic (exact) mass is 305 g/mol. The summed E-state index contributed by atoms with van der Waals surface area (Å²) >= 11 is 7.51. The third-order valence-electron chi connectivity index (χ3n) is 3.41. The Balaban J connectivity index is 1.94. The molecule has 1 unspecified atom stereocenters. The molecule has 1 atom stereocenters. The molecule has 2 N–H and O–H groups in total. The molecule has 0 fully saturated rings. The normalized spacial score (nSPS) is 12.9. The van der Waals surface area contributed by atoms with Crippen LogP contribution in [0.15, 0.2) is 36.4 Å². The lowest BCUT2D eigenvalue weighted by Crippen LogP contribution is -2.15. The molecule has 0 bridgehead atoms. The summed E-state index contributed by atoms with van der Waals surface area (Å²) in [5.74, 6) is 1.03. The van der Waals surface area contributed by atoms with Crippen LogP contribution in [-0.2, 0) is 13.0 Å². The minimum atomic E-state index is -0.0605. The van der Waals surface area contributed by atoms with E-state index in [9.17, 15) is 0 Å². The summed E-state index contributed by atoms with van der Waals surface area (Å²) in [5.41, 5.74) is 8.48. The van der Waals surface area contributed by atoms with Crippen molar-refractivity contribution in [2.45, 2.75) is 25.9 Å². The second-order valence-corrected chi connectivity index (χ2v) is 6.46. The number of nitrogens with zero attached hydrogens (tertiary/aromatic N) is 2. The van der Waals surface area contributed by atoms with Gasteiger partial charge in [0.05, 0.1) is 15.4 Å². The summed E-state index contributed by atoms with van der Waals surface area (Å²) in [6.45, 7) is 3.03. The lowest BCUT2D eigenvalue weighted by Gasteiger charge is -2.11. The van der Waals surface area contributed by atoms with Crippen LogP contribution in [0.5, 0.6) is 0 Å². The van der Waals surface area contributed by atoms with E-state index >= 15 is 0 Å². The second kappa shape index (κ2) is 5.56. The van der Waals surface area contributed by atoms with Crippen LogP contribution < -0.4 is 5.73 Å². The number of fused-ring (bicyclic) bond motifs is 1. The highest BCUT2D eigenvalue weighted by Crippen LogP contribution is 2.28. The first kappa shape index (κ1) is 13.6.